The molecule has 0 aromatic carbocycles. The summed E-state index contributed by atoms with van der Waals surface area (Å²) >= 11 is 0. The van der Waals surface area contributed by atoms with Crippen LogP contribution in [-0.4, -0.2) is 18.1 Å². The van der Waals surface area contributed by atoms with Crippen molar-refractivity contribution in [2.24, 2.45) is 0 Å². The van der Waals surface area contributed by atoms with Crippen molar-refractivity contribution in [2.75, 3.05) is 0 Å². The third-order valence-corrected chi connectivity index (χ3v) is 5.93. The predicted molar refractivity (Wildman–Crippen MR) is 47.5 cm³/mol. The smallest absolute Gasteiger partial charge is 0.197 e. The molecule has 0 spiro atoms. The Bertz CT molecular complexity index is 114. The molecule has 0 amide bonds. The minimum absolute atomic E-state index is 0. The molecule has 0 N–H and O–H groups in total. The second-order valence-electron chi connectivity index (χ2n) is 2.41. The first-order chi connectivity index (χ1) is 4.12. The van der Waals surface area contributed by atoms with Crippen LogP contribution in [0.25, 0.3) is 0 Å². The maximum Gasteiger partial charge on any atom is 0.197 e. The van der Waals surface area contributed by atoms with Crippen LogP contribution in [0.1, 0.15) is 0 Å². The summed E-state index contributed by atoms with van der Waals surface area (Å²) in [6, 6.07) is 0. The molecule has 0 unspecified atom stereocenters. The third kappa shape index (κ3) is 6.68. The first-order valence-corrected chi connectivity index (χ1v) is 7.39. The fourth-order valence-corrected chi connectivity index (χ4v) is 2.99. The molecule has 62 valence electrons. The predicted octanol–water partition coefficient (Wildman–Crippen LogP) is 1.16. The number of hydrogen-bond donors (Lipinski definition) is 0. The van der Waals surface area contributed by atoms with E-state index in [0.29, 0.717) is 0 Å². The molecule has 0 saturated carbocycles. The van der Waals surface area contributed by atoms with Crippen LogP contribution in [0, 0.1) is 0 Å². The topological polar surface area (TPSA) is 9.23 Å². The van der Waals surface area contributed by atoms with E-state index in [9.17, 15) is 0 Å². The van der Waals surface area contributed by atoms with Gasteiger partial charge >= 0.3 is 0 Å². The Hall–Kier alpha value is 0.562. The molecule has 10 heavy (non-hydrogen) atoms. The zero-order chi connectivity index (χ0) is 7.33. The Morgan fingerprint density at radius 2 is 1.90 bits per heavy atom. The quantitative estimate of drug-likeness (QED) is 0.690. The van der Waals surface area contributed by atoms with Crippen LogP contribution < -0.4 is 0 Å². The van der Waals surface area contributed by atoms with Crippen LogP contribution in [0.15, 0.2) is 24.6 Å². The van der Waals surface area contributed by atoms with Gasteiger partial charge in [0, 0.05) is 21.1 Å². The fourth-order valence-electron chi connectivity index (χ4n) is 0.333. The van der Waals surface area contributed by atoms with E-state index in [4.69, 9.17) is 4.12 Å². The van der Waals surface area contributed by atoms with Gasteiger partial charge in [-0.25, -0.2) is 0 Å². The van der Waals surface area contributed by atoms with Crippen molar-refractivity contribution in [3.8, 4) is 0 Å². The first-order valence-electron chi connectivity index (χ1n) is 3.01. The molecule has 0 fully saturated rings. The Morgan fingerprint density at radius 1 is 1.40 bits per heavy atom. The maximum atomic E-state index is 5.57. The average Bonchev–Trinajstić information content (AvgIpc) is 1.84. The van der Waals surface area contributed by atoms with Gasteiger partial charge in [0.2, 0.25) is 0 Å². The van der Waals surface area contributed by atoms with E-state index < -0.39 is 18.1 Å². The van der Waals surface area contributed by atoms with Crippen LogP contribution >= 0.6 is 0 Å². The van der Waals surface area contributed by atoms with E-state index in [1.54, 1.807) is 0 Å². The second-order valence-corrected chi connectivity index (χ2v) is 8.09. The molecule has 0 aliphatic carbocycles. The molecule has 0 bridgehead atoms. The maximum absolute atomic E-state index is 5.57. The molecule has 0 aliphatic rings. The normalized spacial score (nSPS) is 11.0. The van der Waals surface area contributed by atoms with Crippen molar-refractivity contribution in [3.05, 3.63) is 24.6 Å². The van der Waals surface area contributed by atoms with Gasteiger partial charge in [-0.3, -0.25) is 0 Å². The van der Waals surface area contributed by atoms with Crippen molar-refractivity contribution in [3.63, 3.8) is 0 Å². The largest absolute Gasteiger partial charge is 0.454 e. The van der Waals surface area contributed by atoms with Crippen molar-refractivity contribution in [2.45, 2.75) is 13.1 Å². The van der Waals surface area contributed by atoms with Crippen LogP contribution in [0.5, 0.6) is 0 Å². The van der Waals surface area contributed by atoms with E-state index in [-0.39, 0.29) is 21.1 Å². The van der Waals surface area contributed by atoms with Gasteiger partial charge in [0.25, 0.3) is 0 Å². The van der Waals surface area contributed by atoms with Crippen molar-refractivity contribution in [1.82, 2.24) is 0 Å². The number of hydrogen-bond acceptors (Lipinski definition) is 1. The van der Waals surface area contributed by atoms with Gasteiger partial charge in [0.15, 0.2) is 18.1 Å². The Kier molecular flexibility index (Phi) is 8.28. The Morgan fingerprint density at radius 3 is 2.20 bits per heavy atom. The zero-order valence-electron chi connectivity index (χ0n) is 6.50. The molecule has 0 radical (unpaired) electrons. The van der Waals surface area contributed by atoms with E-state index in [1.807, 2.05) is 11.4 Å². The minimum atomic E-state index is -1.44. The minimum Gasteiger partial charge on any atom is -0.454 e. The molecule has 0 saturated heterocycles. The molecular formula is C6H14OPtSi2. The van der Waals surface area contributed by atoms with Crippen molar-refractivity contribution < 1.29 is 25.2 Å². The Labute approximate surface area is 80.9 Å². The molecule has 1 nitrogen and oxygen atoms in total. The van der Waals surface area contributed by atoms with Crippen LogP contribution in [0.2, 0.25) is 13.1 Å². The van der Waals surface area contributed by atoms with Gasteiger partial charge in [-0.1, -0.05) is 11.4 Å². The molecule has 0 aliphatic heterocycles. The molecule has 0 aromatic heterocycles. The van der Waals surface area contributed by atoms with Crippen molar-refractivity contribution in [1.29, 1.82) is 0 Å². The van der Waals surface area contributed by atoms with Gasteiger partial charge in [-0.2, -0.15) is 0 Å². The molecule has 0 atom stereocenters. The summed E-state index contributed by atoms with van der Waals surface area (Å²) in [5.41, 5.74) is 3.85. The summed E-state index contributed by atoms with van der Waals surface area (Å²) < 4.78 is 5.57. The monoisotopic (exact) mass is 353 g/mol. The number of rotatable bonds is 4. The Balaban J connectivity index is 0. The van der Waals surface area contributed by atoms with Gasteiger partial charge in [0.1, 0.15) is 0 Å². The SMILES string of the molecule is C=C[SiH2]O[Si](C)(C)C=C.[Pt]. The average molecular weight is 353 g/mol. The summed E-state index contributed by atoms with van der Waals surface area (Å²) in [7, 11) is -1.88. The standard InChI is InChI=1S/C6H14OSi2.Pt/c1-5-8-7-9(3,4)6-2;/h5-6H,1-2,8H2,3-4H3;. The second kappa shape index (κ2) is 6.28. The van der Waals surface area contributed by atoms with Crippen LogP contribution in [0.3, 0.4) is 0 Å². The van der Waals surface area contributed by atoms with E-state index >= 15 is 0 Å². The van der Waals surface area contributed by atoms with Crippen LogP contribution in [0.4, 0.5) is 0 Å². The third-order valence-electron chi connectivity index (χ3n) is 1.06. The fraction of sp³-hybridized carbons (Fsp3) is 0.333. The summed E-state index contributed by atoms with van der Waals surface area (Å²) in [4.78, 5) is 0. The van der Waals surface area contributed by atoms with Gasteiger partial charge in [-0.05, 0) is 13.1 Å². The summed E-state index contributed by atoms with van der Waals surface area (Å²) in [6.45, 7) is 11.6. The molecule has 4 heteroatoms. The molecular weight excluding hydrogens is 339 g/mol. The first kappa shape index (κ1) is 13.2. The molecule has 0 rings (SSSR count). The summed E-state index contributed by atoms with van der Waals surface area (Å²) in [6.07, 6.45) is 0. The van der Waals surface area contributed by atoms with Gasteiger partial charge < -0.3 is 4.12 Å². The van der Waals surface area contributed by atoms with Crippen LogP contribution in [-0.2, 0) is 25.2 Å². The van der Waals surface area contributed by atoms with E-state index in [2.05, 4.69) is 26.3 Å². The van der Waals surface area contributed by atoms with Gasteiger partial charge in [0.05, 0.1) is 0 Å². The summed E-state index contributed by atoms with van der Waals surface area (Å²) in [5.74, 6) is 0. The van der Waals surface area contributed by atoms with E-state index in [0.717, 1.165) is 0 Å². The summed E-state index contributed by atoms with van der Waals surface area (Å²) in [5, 5.41) is 0. The van der Waals surface area contributed by atoms with E-state index in [1.165, 1.54) is 0 Å². The molecule has 0 aromatic rings. The zero-order valence-corrected chi connectivity index (χ0v) is 11.2. The molecule has 0 heterocycles. The van der Waals surface area contributed by atoms with Crippen molar-refractivity contribution >= 4 is 18.1 Å². The van der Waals surface area contributed by atoms with Gasteiger partial charge in [-0.15, -0.1) is 13.2 Å².